The van der Waals surface area contributed by atoms with Crippen molar-refractivity contribution in [2.24, 2.45) is 51.2 Å². The van der Waals surface area contributed by atoms with Gasteiger partial charge in [-0.15, -0.1) is 0 Å². The van der Waals surface area contributed by atoms with Gasteiger partial charge in [0.25, 0.3) is 0 Å². The van der Waals surface area contributed by atoms with Crippen molar-refractivity contribution >= 4 is 11.9 Å². The number of carbonyl (C=O) groups excluding carboxylic acids is 2. The van der Waals surface area contributed by atoms with Crippen LogP contribution in [-0.4, -0.2) is 70.6 Å². The molecule has 7 aliphatic carbocycles. The van der Waals surface area contributed by atoms with E-state index in [1.54, 1.807) is 4.90 Å². The minimum absolute atomic E-state index is 0.0476. The zero-order valence-corrected chi connectivity index (χ0v) is 32.9. The van der Waals surface area contributed by atoms with Gasteiger partial charge in [0.15, 0.2) is 17.4 Å². The molecule has 0 radical (unpaired) electrons. The van der Waals surface area contributed by atoms with Crippen molar-refractivity contribution in [3.8, 4) is 0 Å². The fraction of sp³-hybridized carbons (Fsp3) is 0.733. The Morgan fingerprint density at radius 1 is 0.981 bits per heavy atom. The number of Topliss-reactive ketones (excluding diaryl/α,β-unsaturated/α-hetero) is 1. The summed E-state index contributed by atoms with van der Waals surface area (Å²) in [5.74, 6) is -1.35. The van der Waals surface area contributed by atoms with Crippen LogP contribution >= 0.6 is 0 Å². The van der Waals surface area contributed by atoms with Crippen LogP contribution in [-0.2, 0) is 9.47 Å². The third kappa shape index (κ3) is 5.70. The molecule has 8 aliphatic rings. The molecular formula is C45H61F2NO6. The Morgan fingerprint density at radius 3 is 2.44 bits per heavy atom. The van der Waals surface area contributed by atoms with Crippen LogP contribution in [0.3, 0.4) is 0 Å². The summed E-state index contributed by atoms with van der Waals surface area (Å²) in [6.07, 6.45) is 14.7. The largest absolute Gasteiger partial charge is 0.446 e. The number of amides is 1. The first-order valence-corrected chi connectivity index (χ1v) is 21.0. The van der Waals surface area contributed by atoms with E-state index >= 15 is 0 Å². The van der Waals surface area contributed by atoms with Crippen molar-refractivity contribution < 1.29 is 38.1 Å². The summed E-state index contributed by atoms with van der Waals surface area (Å²) in [5.41, 5.74) is -2.82. The van der Waals surface area contributed by atoms with Crippen molar-refractivity contribution in [1.82, 2.24) is 4.90 Å². The molecule has 2 N–H and O–H groups in total. The number of nitrogens with zero attached hydrogens (tertiary/aromatic N) is 1. The molecule has 1 amide bonds. The summed E-state index contributed by atoms with van der Waals surface area (Å²) in [4.78, 5) is 30.9. The van der Waals surface area contributed by atoms with E-state index in [0.29, 0.717) is 62.7 Å². The number of ether oxygens (including phenoxy) is 2. The molecule has 12 atom stereocenters. The Morgan fingerprint density at radius 2 is 1.72 bits per heavy atom. The van der Waals surface area contributed by atoms with Gasteiger partial charge in [-0.3, -0.25) is 4.79 Å². The number of fused-ring (bicyclic) bond motifs is 1. The zero-order chi connectivity index (χ0) is 38.4. The van der Waals surface area contributed by atoms with Crippen molar-refractivity contribution in [3.63, 3.8) is 0 Å². The van der Waals surface area contributed by atoms with Gasteiger partial charge in [0.1, 0.15) is 6.10 Å². The fourth-order valence-electron chi connectivity index (χ4n) is 13.4. The van der Waals surface area contributed by atoms with E-state index in [1.165, 1.54) is 6.07 Å². The number of benzene rings is 1. The lowest BCUT2D eigenvalue weighted by Gasteiger charge is -2.71. The van der Waals surface area contributed by atoms with E-state index in [9.17, 15) is 28.6 Å². The lowest BCUT2D eigenvalue weighted by molar-refractivity contribution is -0.176. The second kappa shape index (κ2) is 13.5. The third-order valence-electron chi connectivity index (χ3n) is 16.5. The Balaban J connectivity index is 1.16. The Hall–Kier alpha value is -2.62. The molecule has 296 valence electrons. The number of hydrogen-bond acceptors (Lipinski definition) is 6. The first kappa shape index (κ1) is 38.3. The van der Waals surface area contributed by atoms with Crippen LogP contribution in [0.25, 0.3) is 0 Å². The molecule has 9 rings (SSSR count). The highest BCUT2D eigenvalue weighted by molar-refractivity contribution is 6.10. The summed E-state index contributed by atoms with van der Waals surface area (Å²) in [6, 6.07) is 3.38. The molecular weight excluding hydrogens is 688 g/mol. The molecule has 1 aliphatic heterocycles. The number of ketones is 1. The summed E-state index contributed by atoms with van der Waals surface area (Å²) in [6.45, 7) is 12.2. The van der Waals surface area contributed by atoms with Gasteiger partial charge in [0, 0.05) is 34.0 Å². The summed E-state index contributed by atoms with van der Waals surface area (Å²) in [7, 11) is 0. The number of halogens is 2. The predicted octanol–water partition coefficient (Wildman–Crippen LogP) is 8.82. The van der Waals surface area contributed by atoms with Gasteiger partial charge in [-0.2, -0.15) is 0 Å². The number of aliphatic hydroxyl groups excluding tert-OH is 1. The first-order chi connectivity index (χ1) is 25.6. The van der Waals surface area contributed by atoms with E-state index in [4.69, 9.17) is 9.47 Å². The molecule has 4 saturated carbocycles. The quantitative estimate of drug-likeness (QED) is 0.204. The van der Waals surface area contributed by atoms with Crippen LogP contribution in [0.15, 0.2) is 42.0 Å². The summed E-state index contributed by atoms with van der Waals surface area (Å²) in [5, 5.41) is 24.1. The van der Waals surface area contributed by atoms with Crippen LogP contribution in [0.2, 0.25) is 0 Å². The normalized spacial score (nSPS) is 43.7. The van der Waals surface area contributed by atoms with Gasteiger partial charge >= 0.3 is 6.09 Å². The molecule has 12 unspecified atom stereocenters. The van der Waals surface area contributed by atoms with E-state index in [1.807, 2.05) is 0 Å². The summed E-state index contributed by atoms with van der Waals surface area (Å²) >= 11 is 0. The molecule has 7 nitrogen and oxygen atoms in total. The van der Waals surface area contributed by atoms with Gasteiger partial charge in [-0.1, -0.05) is 59.3 Å². The lowest BCUT2D eigenvalue weighted by atomic mass is 9.32. The second-order valence-electron chi connectivity index (χ2n) is 19.5. The highest BCUT2D eigenvalue weighted by Crippen LogP contribution is 2.78. The van der Waals surface area contributed by atoms with Gasteiger partial charge in [-0.25, -0.2) is 13.6 Å². The monoisotopic (exact) mass is 749 g/mol. The van der Waals surface area contributed by atoms with E-state index < -0.39 is 39.6 Å². The number of aliphatic hydroxyl groups is 2. The molecule has 1 heterocycles. The van der Waals surface area contributed by atoms with E-state index in [0.717, 1.165) is 57.1 Å². The topological polar surface area (TPSA) is 96.3 Å². The van der Waals surface area contributed by atoms with Crippen LogP contribution in [0.5, 0.6) is 0 Å². The van der Waals surface area contributed by atoms with Crippen LogP contribution in [0.1, 0.15) is 122 Å². The molecule has 1 aromatic rings. The standard InChI is InChI=1S/C45H61F2NO6/c1-27(2)32-10-8-28(3)21-36(32)54-40(51)48(25-31-7-6-20-53-31)26-44(52)17-14-38-42(44,5)16-13-37-41(4)15-12-30(49)23-43(41)18-19-45(37,38)33(24-43)39(50)29-9-11-34(46)35(47)22-29/h9,11,18-19,22,24,27-28,30-32,36-38,49,52H,6-8,10,12-17,20-21,23,25-26H2,1-5H3. The molecule has 9 heteroatoms. The molecule has 54 heavy (non-hydrogen) atoms. The minimum atomic E-state index is -1.27. The second-order valence-corrected chi connectivity index (χ2v) is 19.5. The number of allylic oxidation sites excluding steroid dienone is 4. The summed E-state index contributed by atoms with van der Waals surface area (Å²) < 4.78 is 41.3. The van der Waals surface area contributed by atoms with E-state index in [-0.39, 0.29) is 59.4 Å². The smallest absolute Gasteiger partial charge is 0.410 e. The average Bonchev–Trinajstić information content (AvgIpc) is 3.74. The molecule has 2 spiro atoms. The first-order valence-electron chi connectivity index (χ1n) is 21.0. The van der Waals surface area contributed by atoms with Gasteiger partial charge in [0.2, 0.25) is 0 Å². The zero-order valence-electron chi connectivity index (χ0n) is 32.9. The van der Waals surface area contributed by atoms with Crippen molar-refractivity contribution in [1.29, 1.82) is 0 Å². The highest BCUT2D eigenvalue weighted by atomic mass is 19.2. The van der Waals surface area contributed by atoms with Gasteiger partial charge in [0.05, 0.1) is 30.9 Å². The van der Waals surface area contributed by atoms with Crippen LogP contribution in [0, 0.1) is 62.9 Å². The SMILES string of the molecule is CC1CCC(C(C)C)C(OC(=O)N(CC2CCCO2)CC2(O)CCC3C45C=CC6(C=C4C(=O)c4ccc(F)c(F)c4)CC(O)CCC6(C)C5CCC32C)C1. The van der Waals surface area contributed by atoms with Crippen molar-refractivity contribution in [2.45, 2.75) is 136 Å². The Kier molecular flexibility index (Phi) is 9.57. The molecule has 2 bridgehead atoms. The lowest BCUT2D eigenvalue weighted by Crippen LogP contribution is -2.67. The Bertz CT molecular complexity index is 1720. The minimum Gasteiger partial charge on any atom is -0.446 e. The van der Waals surface area contributed by atoms with E-state index in [2.05, 4.69) is 52.8 Å². The van der Waals surface area contributed by atoms with Gasteiger partial charge in [-0.05, 0) is 124 Å². The average molecular weight is 750 g/mol. The number of rotatable bonds is 8. The van der Waals surface area contributed by atoms with Crippen molar-refractivity contribution in [3.05, 3.63) is 59.2 Å². The van der Waals surface area contributed by atoms with Crippen LogP contribution < -0.4 is 0 Å². The highest BCUT2D eigenvalue weighted by Gasteiger charge is 2.74. The maximum absolute atomic E-state index is 14.8. The third-order valence-corrected chi connectivity index (χ3v) is 16.5. The fourth-order valence-corrected chi connectivity index (χ4v) is 13.4. The van der Waals surface area contributed by atoms with Crippen LogP contribution in [0.4, 0.5) is 13.6 Å². The maximum Gasteiger partial charge on any atom is 0.410 e. The number of carbonyl (C=O) groups is 2. The molecule has 1 saturated heterocycles. The number of hydrogen-bond donors (Lipinski definition) is 2. The maximum atomic E-state index is 14.8. The molecule has 0 aromatic heterocycles. The molecule has 1 aromatic carbocycles. The predicted molar refractivity (Wildman–Crippen MR) is 201 cm³/mol. The van der Waals surface area contributed by atoms with Gasteiger partial charge < -0.3 is 24.6 Å². The van der Waals surface area contributed by atoms with Crippen molar-refractivity contribution in [2.75, 3.05) is 19.7 Å². The molecule has 5 fully saturated rings. The Labute approximate surface area is 319 Å².